The molecule has 1 atom stereocenters. The zero-order valence-corrected chi connectivity index (χ0v) is 8.71. The van der Waals surface area contributed by atoms with Crippen LogP contribution in [0, 0.1) is 0 Å². The first-order valence-electron chi connectivity index (χ1n) is 4.54. The molecule has 0 aliphatic rings. The zero-order chi connectivity index (χ0) is 9.97. The smallest absolute Gasteiger partial charge is 0.117 e. The van der Waals surface area contributed by atoms with Crippen LogP contribution in [0.25, 0.3) is 10.9 Å². The topological polar surface area (TPSA) is 45.1 Å². The highest BCUT2D eigenvalue weighted by atomic mass is 32.1. The van der Waals surface area contributed by atoms with Crippen LogP contribution in [0.1, 0.15) is 6.92 Å². The van der Waals surface area contributed by atoms with Crippen molar-refractivity contribution in [3.8, 4) is 0 Å². The number of rotatable bonds is 3. The Morgan fingerprint density at radius 1 is 1.50 bits per heavy atom. The van der Waals surface area contributed by atoms with Crippen molar-refractivity contribution in [2.45, 2.75) is 13.0 Å². The molecule has 2 rings (SSSR count). The maximum absolute atomic E-state index is 9.14. The summed E-state index contributed by atoms with van der Waals surface area (Å²) in [4.78, 5) is 0. The van der Waals surface area contributed by atoms with Crippen molar-refractivity contribution in [1.82, 2.24) is 4.37 Å². The lowest BCUT2D eigenvalue weighted by atomic mass is 10.2. The SMILES string of the molecule is CC(O)CNc1snc2ccccc12. The van der Waals surface area contributed by atoms with Gasteiger partial charge in [-0.1, -0.05) is 12.1 Å². The fourth-order valence-corrected chi connectivity index (χ4v) is 2.02. The Bertz CT molecular complexity index is 425. The van der Waals surface area contributed by atoms with Crippen LogP contribution >= 0.6 is 11.5 Å². The Morgan fingerprint density at radius 2 is 2.29 bits per heavy atom. The Kier molecular flexibility index (Phi) is 2.65. The normalized spacial score (nSPS) is 13.0. The van der Waals surface area contributed by atoms with Gasteiger partial charge < -0.3 is 10.4 Å². The number of benzene rings is 1. The van der Waals surface area contributed by atoms with Crippen molar-refractivity contribution >= 4 is 27.4 Å². The van der Waals surface area contributed by atoms with E-state index >= 15 is 0 Å². The van der Waals surface area contributed by atoms with E-state index in [9.17, 15) is 0 Å². The fourth-order valence-electron chi connectivity index (χ4n) is 1.26. The maximum Gasteiger partial charge on any atom is 0.117 e. The summed E-state index contributed by atoms with van der Waals surface area (Å²) in [7, 11) is 0. The van der Waals surface area contributed by atoms with Gasteiger partial charge >= 0.3 is 0 Å². The average Bonchev–Trinajstić information content (AvgIpc) is 2.58. The lowest BCUT2D eigenvalue weighted by Gasteiger charge is -2.05. The van der Waals surface area contributed by atoms with Gasteiger partial charge in [0.1, 0.15) is 5.00 Å². The number of anilines is 1. The Morgan fingerprint density at radius 3 is 3.07 bits per heavy atom. The molecule has 2 N–H and O–H groups in total. The number of hydrogen-bond acceptors (Lipinski definition) is 4. The van der Waals surface area contributed by atoms with Crippen LogP contribution in [0.15, 0.2) is 24.3 Å². The van der Waals surface area contributed by atoms with E-state index in [-0.39, 0.29) is 6.10 Å². The van der Waals surface area contributed by atoms with Gasteiger partial charge in [0.2, 0.25) is 0 Å². The van der Waals surface area contributed by atoms with Crippen LogP contribution in [-0.4, -0.2) is 22.1 Å². The summed E-state index contributed by atoms with van der Waals surface area (Å²) in [6, 6.07) is 7.98. The molecule has 3 nitrogen and oxygen atoms in total. The first-order valence-corrected chi connectivity index (χ1v) is 5.31. The van der Waals surface area contributed by atoms with Crippen molar-refractivity contribution in [2.24, 2.45) is 0 Å². The van der Waals surface area contributed by atoms with Gasteiger partial charge in [-0.2, -0.15) is 4.37 Å². The van der Waals surface area contributed by atoms with Crippen LogP contribution in [-0.2, 0) is 0 Å². The van der Waals surface area contributed by atoms with Crippen LogP contribution in [0.3, 0.4) is 0 Å². The molecule has 2 aromatic rings. The molecule has 0 spiro atoms. The highest BCUT2D eigenvalue weighted by Crippen LogP contribution is 2.26. The summed E-state index contributed by atoms with van der Waals surface area (Å²) in [6.07, 6.45) is -0.337. The molecule has 0 fully saturated rings. The van der Waals surface area contributed by atoms with E-state index in [2.05, 4.69) is 9.69 Å². The molecule has 0 aliphatic carbocycles. The number of aliphatic hydroxyl groups is 1. The van der Waals surface area contributed by atoms with Crippen LogP contribution < -0.4 is 5.32 Å². The molecule has 74 valence electrons. The van der Waals surface area contributed by atoms with E-state index < -0.39 is 0 Å². The molecule has 0 saturated carbocycles. The van der Waals surface area contributed by atoms with Crippen molar-refractivity contribution < 1.29 is 5.11 Å². The molecule has 0 aliphatic heterocycles. The molecule has 14 heavy (non-hydrogen) atoms. The first-order chi connectivity index (χ1) is 6.77. The highest BCUT2D eigenvalue weighted by molar-refractivity contribution is 7.11. The molecule has 0 bridgehead atoms. The fraction of sp³-hybridized carbons (Fsp3) is 0.300. The monoisotopic (exact) mass is 208 g/mol. The predicted molar refractivity (Wildman–Crippen MR) is 59.8 cm³/mol. The van der Waals surface area contributed by atoms with E-state index in [1.54, 1.807) is 6.92 Å². The lowest BCUT2D eigenvalue weighted by Crippen LogP contribution is -2.14. The third kappa shape index (κ3) is 1.86. The Balaban J connectivity index is 2.25. The molecule has 1 aromatic carbocycles. The molecular weight excluding hydrogens is 196 g/mol. The first kappa shape index (κ1) is 9.43. The number of hydrogen-bond donors (Lipinski definition) is 2. The van der Waals surface area contributed by atoms with Crippen LogP contribution in [0.2, 0.25) is 0 Å². The second-order valence-corrected chi connectivity index (χ2v) is 4.03. The van der Waals surface area contributed by atoms with E-state index in [1.165, 1.54) is 11.5 Å². The van der Waals surface area contributed by atoms with E-state index in [1.807, 2.05) is 24.3 Å². The quantitative estimate of drug-likeness (QED) is 0.811. The van der Waals surface area contributed by atoms with Gasteiger partial charge in [-0.05, 0) is 30.6 Å². The van der Waals surface area contributed by atoms with Crippen LogP contribution in [0.5, 0.6) is 0 Å². The van der Waals surface area contributed by atoms with E-state index in [4.69, 9.17) is 5.11 Å². The summed E-state index contributed by atoms with van der Waals surface area (Å²) in [5.74, 6) is 0. The highest BCUT2D eigenvalue weighted by Gasteiger charge is 2.04. The number of nitrogens with zero attached hydrogens (tertiary/aromatic N) is 1. The molecule has 1 aromatic heterocycles. The summed E-state index contributed by atoms with van der Waals surface area (Å²) >= 11 is 1.43. The second-order valence-electron chi connectivity index (χ2n) is 3.26. The summed E-state index contributed by atoms with van der Waals surface area (Å²) in [6.45, 7) is 2.32. The van der Waals surface area contributed by atoms with Gasteiger partial charge in [0.05, 0.1) is 11.6 Å². The van der Waals surface area contributed by atoms with E-state index in [0.717, 1.165) is 15.9 Å². The second kappa shape index (κ2) is 3.94. The van der Waals surface area contributed by atoms with Crippen LogP contribution in [0.4, 0.5) is 5.00 Å². The standard InChI is InChI=1S/C10H12N2OS/c1-7(13)6-11-10-8-4-2-3-5-9(8)12-14-10/h2-5,7,11,13H,6H2,1H3. The molecule has 0 amide bonds. The van der Waals surface area contributed by atoms with Gasteiger partial charge in [-0.15, -0.1) is 0 Å². The molecule has 4 heteroatoms. The number of fused-ring (bicyclic) bond motifs is 1. The summed E-state index contributed by atoms with van der Waals surface area (Å²) in [5.41, 5.74) is 1.01. The van der Waals surface area contributed by atoms with Gasteiger partial charge in [-0.25, -0.2) is 0 Å². The number of aliphatic hydroxyl groups excluding tert-OH is 1. The van der Waals surface area contributed by atoms with Gasteiger partial charge in [0.25, 0.3) is 0 Å². The van der Waals surface area contributed by atoms with Gasteiger partial charge in [0, 0.05) is 11.9 Å². The summed E-state index contributed by atoms with van der Waals surface area (Å²) < 4.78 is 4.29. The molecular formula is C10H12N2OS. The number of nitrogens with one attached hydrogen (secondary N) is 1. The number of aromatic nitrogens is 1. The minimum atomic E-state index is -0.337. The lowest BCUT2D eigenvalue weighted by molar-refractivity contribution is 0.208. The van der Waals surface area contributed by atoms with Crippen molar-refractivity contribution in [2.75, 3.05) is 11.9 Å². The third-order valence-electron chi connectivity index (χ3n) is 1.94. The van der Waals surface area contributed by atoms with Gasteiger partial charge in [-0.3, -0.25) is 0 Å². The molecule has 0 saturated heterocycles. The minimum absolute atomic E-state index is 0.337. The van der Waals surface area contributed by atoms with Crippen molar-refractivity contribution in [1.29, 1.82) is 0 Å². The zero-order valence-electron chi connectivity index (χ0n) is 7.90. The minimum Gasteiger partial charge on any atom is -0.392 e. The molecule has 0 radical (unpaired) electrons. The summed E-state index contributed by atoms with van der Waals surface area (Å²) in [5, 5.41) is 14.5. The maximum atomic E-state index is 9.14. The third-order valence-corrected chi connectivity index (χ3v) is 2.78. The van der Waals surface area contributed by atoms with Crippen molar-refractivity contribution in [3.05, 3.63) is 24.3 Å². The Hall–Kier alpha value is -1.13. The largest absolute Gasteiger partial charge is 0.392 e. The Labute approximate surface area is 86.6 Å². The van der Waals surface area contributed by atoms with Gasteiger partial charge in [0.15, 0.2) is 0 Å². The molecule has 1 unspecified atom stereocenters. The predicted octanol–water partition coefficient (Wildman–Crippen LogP) is 2.09. The van der Waals surface area contributed by atoms with E-state index in [0.29, 0.717) is 6.54 Å². The van der Waals surface area contributed by atoms with Crippen molar-refractivity contribution in [3.63, 3.8) is 0 Å². The average molecular weight is 208 g/mol. The molecule has 1 heterocycles.